The van der Waals surface area contributed by atoms with Crippen LogP contribution in [0, 0.1) is 6.92 Å². The molecule has 3 aromatic rings. The second-order valence-electron chi connectivity index (χ2n) is 10.00. The van der Waals surface area contributed by atoms with Crippen LogP contribution in [0.15, 0.2) is 71.6 Å². The number of sulfonamides is 1. The van der Waals surface area contributed by atoms with Gasteiger partial charge in [0.1, 0.15) is 18.3 Å². The number of ether oxygens (including phenoxy) is 1. The molecule has 0 spiro atoms. The van der Waals surface area contributed by atoms with E-state index in [1.165, 1.54) is 24.1 Å². The highest BCUT2D eigenvalue weighted by molar-refractivity contribution is 7.92. The first kappa shape index (κ1) is 33.2. The Labute approximate surface area is 258 Å². The van der Waals surface area contributed by atoms with Crippen LogP contribution in [0.5, 0.6) is 5.75 Å². The van der Waals surface area contributed by atoms with Crippen LogP contribution in [0.2, 0.25) is 10.0 Å². The van der Waals surface area contributed by atoms with Gasteiger partial charge in [-0.1, -0.05) is 72.9 Å². The molecule has 11 heteroatoms. The van der Waals surface area contributed by atoms with Crippen molar-refractivity contribution in [2.24, 2.45) is 0 Å². The van der Waals surface area contributed by atoms with E-state index in [1.807, 2.05) is 20.8 Å². The summed E-state index contributed by atoms with van der Waals surface area (Å²) in [6.07, 6.45) is 0.994. The molecule has 0 fully saturated rings. The normalized spacial score (nSPS) is 12.7. The molecule has 8 nitrogen and oxygen atoms in total. The maximum atomic E-state index is 14.2. The minimum atomic E-state index is -4.23. The number of rotatable bonds is 13. The fourth-order valence-electron chi connectivity index (χ4n) is 4.38. The van der Waals surface area contributed by atoms with Crippen molar-refractivity contribution in [2.75, 3.05) is 18.0 Å². The Morgan fingerprint density at radius 3 is 2.24 bits per heavy atom. The highest BCUT2D eigenvalue weighted by Gasteiger charge is 2.35. The standard InChI is InChI=1S/C31H37Cl2N3O5S/c1-6-22(4)34-31(38)27(7-2)35(19-23-14-15-24(32)18-26(23)33)30(37)20-36(28-10-8-9-11-29(28)41-5)42(39,40)25-16-12-21(3)13-17-25/h8-18,22,27H,6-7,19-20H2,1-5H3,(H,34,38). The number of carbonyl (C=O) groups excluding carboxylic acids is 2. The van der Waals surface area contributed by atoms with Crippen LogP contribution in [0.1, 0.15) is 44.7 Å². The van der Waals surface area contributed by atoms with E-state index in [0.717, 1.165) is 9.87 Å². The predicted octanol–water partition coefficient (Wildman–Crippen LogP) is 6.23. The molecule has 0 aliphatic rings. The number of halogens is 2. The van der Waals surface area contributed by atoms with Crippen molar-refractivity contribution >= 4 is 50.7 Å². The van der Waals surface area contributed by atoms with Gasteiger partial charge in [0.2, 0.25) is 11.8 Å². The Kier molecular flexibility index (Phi) is 11.7. The third-order valence-corrected chi connectivity index (χ3v) is 9.35. The number of anilines is 1. The molecule has 2 unspecified atom stereocenters. The molecule has 0 radical (unpaired) electrons. The second kappa shape index (κ2) is 14.8. The number of nitrogens with zero attached hydrogens (tertiary/aromatic N) is 2. The Bertz CT molecular complexity index is 1500. The zero-order chi connectivity index (χ0) is 31.0. The fourth-order valence-corrected chi connectivity index (χ4v) is 6.27. The summed E-state index contributed by atoms with van der Waals surface area (Å²) < 4.78 is 34.6. The van der Waals surface area contributed by atoms with Gasteiger partial charge in [0.15, 0.2) is 0 Å². The van der Waals surface area contributed by atoms with E-state index in [2.05, 4.69) is 5.32 Å². The molecular formula is C31H37Cl2N3O5S. The van der Waals surface area contributed by atoms with Gasteiger partial charge in [-0.05, 0) is 68.7 Å². The van der Waals surface area contributed by atoms with Gasteiger partial charge in [-0.25, -0.2) is 8.42 Å². The molecule has 42 heavy (non-hydrogen) atoms. The smallest absolute Gasteiger partial charge is 0.264 e. The zero-order valence-electron chi connectivity index (χ0n) is 24.4. The van der Waals surface area contributed by atoms with Crippen molar-refractivity contribution < 1.29 is 22.7 Å². The molecule has 3 rings (SSSR count). The van der Waals surface area contributed by atoms with Crippen molar-refractivity contribution in [3.63, 3.8) is 0 Å². The summed E-state index contributed by atoms with van der Waals surface area (Å²) in [5, 5.41) is 3.70. The van der Waals surface area contributed by atoms with Crippen molar-refractivity contribution in [3.8, 4) is 5.75 Å². The van der Waals surface area contributed by atoms with E-state index in [4.69, 9.17) is 27.9 Å². The van der Waals surface area contributed by atoms with Gasteiger partial charge in [0.05, 0.1) is 17.7 Å². The number of hydrogen-bond acceptors (Lipinski definition) is 5. The van der Waals surface area contributed by atoms with Crippen molar-refractivity contribution in [1.82, 2.24) is 10.2 Å². The van der Waals surface area contributed by atoms with Crippen molar-refractivity contribution in [1.29, 1.82) is 0 Å². The van der Waals surface area contributed by atoms with E-state index in [1.54, 1.807) is 61.5 Å². The minimum Gasteiger partial charge on any atom is -0.495 e. The quantitative estimate of drug-likeness (QED) is 0.241. The van der Waals surface area contributed by atoms with E-state index in [0.29, 0.717) is 28.5 Å². The number of para-hydroxylation sites is 2. The predicted molar refractivity (Wildman–Crippen MR) is 168 cm³/mol. The van der Waals surface area contributed by atoms with Crippen molar-refractivity contribution in [3.05, 3.63) is 87.9 Å². The molecule has 0 aromatic heterocycles. The van der Waals surface area contributed by atoms with Gasteiger partial charge in [-0.2, -0.15) is 0 Å². The van der Waals surface area contributed by atoms with Gasteiger partial charge < -0.3 is 15.0 Å². The summed E-state index contributed by atoms with van der Waals surface area (Å²) in [6.45, 7) is 6.85. The maximum Gasteiger partial charge on any atom is 0.264 e. The highest BCUT2D eigenvalue weighted by atomic mass is 35.5. The lowest BCUT2D eigenvalue weighted by atomic mass is 10.1. The average Bonchev–Trinajstić information content (AvgIpc) is 2.96. The molecule has 0 aliphatic heterocycles. The van der Waals surface area contributed by atoms with Crippen LogP contribution in [-0.2, 0) is 26.2 Å². The molecule has 0 heterocycles. The maximum absolute atomic E-state index is 14.2. The number of aryl methyl sites for hydroxylation is 1. The minimum absolute atomic E-state index is 0.0145. The van der Waals surface area contributed by atoms with Crippen LogP contribution in [0.25, 0.3) is 0 Å². The second-order valence-corrected chi connectivity index (χ2v) is 12.7. The summed E-state index contributed by atoms with van der Waals surface area (Å²) in [6, 6.07) is 16.8. The third kappa shape index (κ3) is 7.96. The van der Waals surface area contributed by atoms with Crippen molar-refractivity contribution in [2.45, 2.75) is 64.1 Å². The lowest BCUT2D eigenvalue weighted by Gasteiger charge is -2.34. The first-order chi connectivity index (χ1) is 19.9. The Hall–Kier alpha value is -3.27. The number of amides is 2. The van der Waals surface area contributed by atoms with Crippen LogP contribution in [-0.4, -0.2) is 50.9 Å². The molecule has 0 bridgehead atoms. The molecule has 0 saturated carbocycles. The van der Waals surface area contributed by atoms with Gasteiger partial charge in [0, 0.05) is 22.6 Å². The van der Waals surface area contributed by atoms with Crippen LogP contribution >= 0.6 is 23.2 Å². The van der Waals surface area contributed by atoms with Gasteiger partial charge >= 0.3 is 0 Å². The van der Waals surface area contributed by atoms with Gasteiger partial charge in [-0.15, -0.1) is 0 Å². The van der Waals surface area contributed by atoms with E-state index >= 15 is 0 Å². The van der Waals surface area contributed by atoms with E-state index in [-0.39, 0.29) is 34.8 Å². The average molecular weight is 635 g/mol. The number of methoxy groups -OCH3 is 1. The number of hydrogen-bond donors (Lipinski definition) is 1. The van der Waals surface area contributed by atoms with Crippen LogP contribution in [0.3, 0.4) is 0 Å². The molecule has 0 saturated heterocycles. The largest absolute Gasteiger partial charge is 0.495 e. The van der Waals surface area contributed by atoms with Crippen LogP contribution < -0.4 is 14.4 Å². The summed E-state index contributed by atoms with van der Waals surface area (Å²) in [5.74, 6) is -0.654. The molecule has 3 aromatic carbocycles. The molecule has 1 N–H and O–H groups in total. The Morgan fingerprint density at radius 2 is 1.64 bits per heavy atom. The lowest BCUT2D eigenvalue weighted by molar-refractivity contribution is -0.140. The Morgan fingerprint density at radius 1 is 0.976 bits per heavy atom. The van der Waals surface area contributed by atoms with Gasteiger partial charge in [0.25, 0.3) is 10.0 Å². The molecule has 226 valence electrons. The number of carbonyl (C=O) groups is 2. The number of nitrogens with one attached hydrogen (secondary N) is 1. The summed E-state index contributed by atoms with van der Waals surface area (Å²) in [7, 11) is -2.80. The topological polar surface area (TPSA) is 96.0 Å². The highest BCUT2D eigenvalue weighted by Crippen LogP contribution is 2.33. The monoisotopic (exact) mass is 633 g/mol. The first-order valence-corrected chi connectivity index (χ1v) is 15.9. The van der Waals surface area contributed by atoms with Gasteiger partial charge in [-0.3, -0.25) is 13.9 Å². The van der Waals surface area contributed by atoms with E-state index < -0.39 is 28.5 Å². The molecule has 0 aliphatic carbocycles. The summed E-state index contributed by atoms with van der Waals surface area (Å²) >= 11 is 12.6. The third-order valence-electron chi connectivity index (χ3n) is 6.98. The molecular weight excluding hydrogens is 597 g/mol. The molecule has 2 atom stereocenters. The zero-order valence-corrected chi connectivity index (χ0v) is 26.8. The molecule has 2 amide bonds. The SMILES string of the molecule is CCC(C)NC(=O)C(CC)N(Cc1ccc(Cl)cc1Cl)C(=O)CN(c1ccccc1OC)S(=O)(=O)c1ccc(C)cc1. The number of benzene rings is 3. The summed E-state index contributed by atoms with van der Waals surface area (Å²) in [4.78, 5) is 29.0. The summed E-state index contributed by atoms with van der Waals surface area (Å²) in [5.41, 5.74) is 1.64. The van der Waals surface area contributed by atoms with E-state index in [9.17, 15) is 18.0 Å². The fraction of sp³-hybridized carbons (Fsp3) is 0.355. The lowest BCUT2D eigenvalue weighted by Crippen LogP contribution is -2.53. The Balaban J connectivity index is 2.12. The first-order valence-electron chi connectivity index (χ1n) is 13.7. The van der Waals surface area contributed by atoms with Crippen LogP contribution in [0.4, 0.5) is 5.69 Å².